The maximum Gasteiger partial charge on any atom is 0.303 e. The summed E-state index contributed by atoms with van der Waals surface area (Å²) in [6.07, 6.45) is -1.28. The molecule has 9 atom stereocenters. The number of hydrogen-bond donors (Lipinski definition) is 0. The minimum atomic E-state index is -2.61. The van der Waals surface area contributed by atoms with E-state index >= 15 is 4.79 Å². The number of esters is 2. The molecule has 6 rings (SSSR count). The van der Waals surface area contributed by atoms with Gasteiger partial charge in [0.1, 0.15) is 23.6 Å². The normalized spacial score (nSPS) is 33.8. The molecule has 0 amide bonds. The van der Waals surface area contributed by atoms with Gasteiger partial charge in [-0.2, -0.15) is 0 Å². The predicted octanol–water partition coefficient (Wildman–Crippen LogP) is 10.9. The number of fused-ring (bicyclic) bond motifs is 5. The van der Waals surface area contributed by atoms with Crippen LogP contribution in [0, 0.1) is 16.7 Å². The number of hydrogen-bond acceptors (Lipinski definition) is 11. The number of allylic oxidation sites excluding steroid dienone is 1. The highest BCUT2D eigenvalue weighted by Gasteiger charge is 2.81. The van der Waals surface area contributed by atoms with E-state index in [-0.39, 0.29) is 12.4 Å². The molecule has 5 aliphatic rings. The summed E-state index contributed by atoms with van der Waals surface area (Å²) in [5.74, 6) is -3.51. The zero-order valence-electron chi connectivity index (χ0n) is 41.1. The summed E-state index contributed by atoms with van der Waals surface area (Å²) in [5.41, 5.74) is -3.37. The molecule has 0 unspecified atom stereocenters. The topological polar surface area (TPSA) is 125 Å². The average Bonchev–Trinajstić information content (AvgIpc) is 3.59. The maximum atomic E-state index is 16.6. The van der Waals surface area contributed by atoms with Crippen LogP contribution in [0.2, 0.25) is 54.4 Å². The molecule has 11 nitrogen and oxygen atoms in total. The van der Waals surface area contributed by atoms with Gasteiger partial charge in [-0.15, -0.1) is 0 Å². The van der Waals surface area contributed by atoms with Gasteiger partial charge in [-0.3, -0.25) is 14.4 Å². The molecule has 0 radical (unpaired) electrons. The molecule has 1 spiro atoms. The smallest absolute Gasteiger partial charge is 0.303 e. The second-order valence-corrected chi connectivity index (χ2v) is 33.9. The number of Topliss-reactive ketones (excluding diaryl/α,β-unsaturated/α-hetero) is 1. The highest BCUT2D eigenvalue weighted by Crippen LogP contribution is 2.69. The third-order valence-electron chi connectivity index (χ3n) is 17.0. The van der Waals surface area contributed by atoms with Gasteiger partial charge in [0.05, 0.1) is 18.1 Å². The quantitative estimate of drug-likeness (QED) is 0.103. The fourth-order valence-electron chi connectivity index (χ4n) is 12.3. The van der Waals surface area contributed by atoms with Crippen LogP contribution in [0.5, 0.6) is 0 Å². The van der Waals surface area contributed by atoms with Crippen molar-refractivity contribution in [2.24, 2.45) is 16.7 Å². The molecule has 0 aromatic heterocycles. The second kappa shape index (κ2) is 18.0. The van der Waals surface area contributed by atoms with Crippen LogP contribution < -0.4 is 0 Å². The van der Waals surface area contributed by atoms with Crippen molar-refractivity contribution in [3.05, 3.63) is 58.9 Å². The van der Waals surface area contributed by atoms with Crippen molar-refractivity contribution in [1.82, 2.24) is 0 Å². The SMILES string of the molecule is CC[Si](CC)(CC)OC1=C[C@@]23O[C@](O[Si](CC)(CC)CC)(c4ccccc4)O[C@H]2[C@@H]2[C@]4(OC(C)=O)CO[C@@H]4C[C@H](O[Si](CC)(CC)CC)[C@@]2(C)C(=O)[C@H](OC(C)=O)C(=C1C)C3(C)C. The number of rotatable bonds is 18. The van der Waals surface area contributed by atoms with E-state index in [1.165, 1.54) is 13.8 Å². The van der Waals surface area contributed by atoms with Crippen LogP contribution in [0.3, 0.4) is 0 Å². The summed E-state index contributed by atoms with van der Waals surface area (Å²) in [6, 6.07) is 17.4. The van der Waals surface area contributed by atoms with Crippen molar-refractivity contribution in [2.75, 3.05) is 6.61 Å². The first-order valence-electron chi connectivity index (χ1n) is 24.1. The van der Waals surface area contributed by atoms with Crippen LogP contribution >= 0.6 is 0 Å². The molecule has 0 N–H and O–H groups in total. The van der Waals surface area contributed by atoms with E-state index in [1.807, 2.05) is 44.2 Å². The van der Waals surface area contributed by atoms with Gasteiger partial charge in [-0.05, 0) is 85.5 Å². The van der Waals surface area contributed by atoms with E-state index in [4.69, 9.17) is 37.0 Å². The number of ketones is 1. The van der Waals surface area contributed by atoms with E-state index in [9.17, 15) is 9.59 Å². The monoisotopic (exact) mass is 926 g/mol. The van der Waals surface area contributed by atoms with Crippen LogP contribution in [0.15, 0.2) is 53.3 Å². The van der Waals surface area contributed by atoms with Crippen molar-refractivity contribution in [3.8, 4) is 0 Å². The van der Waals surface area contributed by atoms with Crippen LogP contribution in [0.25, 0.3) is 0 Å². The molecule has 1 aromatic rings. The summed E-state index contributed by atoms with van der Waals surface area (Å²) in [5, 5.41) is 0. The standard InChI is InChI=1S/C49H78O11Si3/c1-16-61(17-2,18-3)57-37-31-48-44(56-49(59-48,36-28-26-25-27-29-36)60-63(22-7,23-8)24-9)42-46(15,43(52)41(54-34(11)50)40(33(37)10)45(48,13)14)38(58-62(19-4,20-5)21-6)30-39-47(42,32-53-39)55-35(12)51/h25-29,31,38-39,41-42,44H,16-24,30,32H2,1-15H3/t38-,39+,41+,42-,44-,46+,47-,48+,49-/m0/s1. The summed E-state index contributed by atoms with van der Waals surface area (Å²) in [7, 11) is -7.49. The summed E-state index contributed by atoms with van der Waals surface area (Å²) >= 11 is 0. The van der Waals surface area contributed by atoms with Crippen molar-refractivity contribution in [1.29, 1.82) is 0 Å². The molecule has 1 aromatic carbocycles. The molecule has 352 valence electrons. The summed E-state index contributed by atoms with van der Waals surface area (Å²) in [6.45, 7) is 30.5. The first kappa shape index (κ1) is 50.0. The van der Waals surface area contributed by atoms with Gasteiger partial charge in [-0.1, -0.05) is 106 Å². The lowest BCUT2D eigenvalue weighted by molar-refractivity contribution is -0.350. The lowest BCUT2D eigenvalue weighted by Crippen LogP contribution is -2.81. The number of ether oxygens (including phenoxy) is 5. The van der Waals surface area contributed by atoms with Gasteiger partial charge >= 0.3 is 17.9 Å². The number of benzene rings is 1. The largest absolute Gasteiger partial charge is 0.543 e. The Morgan fingerprint density at radius 3 is 1.81 bits per heavy atom. The minimum absolute atomic E-state index is 0.0348. The Kier molecular flexibility index (Phi) is 14.3. The third kappa shape index (κ3) is 7.65. The van der Waals surface area contributed by atoms with E-state index in [1.54, 1.807) is 0 Å². The van der Waals surface area contributed by atoms with E-state index in [0.29, 0.717) is 23.3 Å². The molecule has 14 heteroatoms. The van der Waals surface area contributed by atoms with Crippen molar-refractivity contribution in [3.63, 3.8) is 0 Å². The average molecular weight is 927 g/mol. The lowest BCUT2D eigenvalue weighted by atomic mass is 9.45. The Morgan fingerprint density at radius 1 is 0.778 bits per heavy atom. The molecule has 2 aliphatic heterocycles. The molecule has 2 saturated carbocycles. The van der Waals surface area contributed by atoms with E-state index in [2.05, 4.69) is 82.2 Å². The van der Waals surface area contributed by atoms with E-state index in [0.717, 1.165) is 60.0 Å². The molecular formula is C49H78O11Si3. The van der Waals surface area contributed by atoms with Crippen LogP contribution in [0.1, 0.15) is 116 Å². The molecule has 3 aliphatic carbocycles. The first-order valence-corrected chi connectivity index (χ1v) is 31.7. The predicted molar refractivity (Wildman–Crippen MR) is 251 cm³/mol. The molecule has 4 fully saturated rings. The van der Waals surface area contributed by atoms with Crippen LogP contribution in [0.4, 0.5) is 0 Å². The van der Waals surface area contributed by atoms with Crippen LogP contribution in [-0.2, 0) is 57.3 Å². The van der Waals surface area contributed by atoms with Gasteiger partial charge in [0.25, 0.3) is 0 Å². The van der Waals surface area contributed by atoms with Gasteiger partial charge in [0, 0.05) is 37.2 Å². The van der Waals surface area contributed by atoms with Gasteiger partial charge in [0.2, 0.25) is 8.32 Å². The van der Waals surface area contributed by atoms with Gasteiger partial charge < -0.3 is 37.0 Å². The third-order valence-corrected chi connectivity index (χ3v) is 30.8. The molecule has 2 bridgehead atoms. The summed E-state index contributed by atoms with van der Waals surface area (Å²) < 4.78 is 58.1. The number of carbonyl (C=O) groups excluding carboxylic acids is 3. The van der Waals surface area contributed by atoms with Gasteiger partial charge in [0.15, 0.2) is 34.1 Å². The second-order valence-electron chi connectivity index (χ2n) is 19.8. The molecule has 63 heavy (non-hydrogen) atoms. The van der Waals surface area contributed by atoms with E-state index < -0.39 is 95.2 Å². The Labute approximate surface area is 381 Å². The Bertz CT molecular complexity index is 1910. The minimum Gasteiger partial charge on any atom is -0.543 e. The fraction of sp³-hybridized carbons (Fsp3) is 0.735. The molecular weight excluding hydrogens is 849 g/mol. The first-order chi connectivity index (χ1) is 29.7. The van der Waals surface area contributed by atoms with Gasteiger partial charge in [-0.25, -0.2) is 0 Å². The highest BCUT2D eigenvalue weighted by atomic mass is 28.4. The zero-order valence-corrected chi connectivity index (χ0v) is 44.1. The van der Waals surface area contributed by atoms with Crippen molar-refractivity contribution in [2.45, 2.75) is 206 Å². The fourth-order valence-corrected chi connectivity index (χ4v) is 20.5. The van der Waals surface area contributed by atoms with Crippen molar-refractivity contribution >= 4 is 42.7 Å². The maximum absolute atomic E-state index is 16.6. The zero-order chi connectivity index (χ0) is 46.6. The Morgan fingerprint density at radius 2 is 1.33 bits per heavy atom. The number of carbonyl (C=O) groups is 3. The van der Waals surface area contributed by atoms with Crippen molar-refractivity contribution < 1.29 is 51.3 Å². The van der Waals surface area contributed by atoms with Crippen LogP contribution in [-0.4, -0.2) is 84.9 Å². The highest BCUT2D eigenvalue weighted by molar-refractivity contribution is 6.74. The molecule has 2 saturated heterocycles. The summed E-state index contributed by atoms with van der Waals surface area (Å²) in [4.78, 5) is 43.8. The lowest BCUT2D eigenvalue weighted by Gasteiger charge is -2.67. The Balaban J connectivity index is 1.82. The Hall–Kier alpha value is -2.44. The molecule has 2 heterocycles.